The summed E-state index contributed by atoms with van der Waals surface area (Å²) in [6.07, 6.45) is 0.783. The van der Waals surface area contributed by atoms with Gasteiger partial charge in [0.1, 0.15) is 5.82 Å². The fourth-order valence-corrected chi connectivity index (χ4v) is 4.41. The Morgan fingerprint density at radius 3 is 2.61 bits per heavy atom. The number of anilines is 1. The van der Waals surface area contributed by atoms with Gasteiger partial charge in [-0.05, 0) is 76.3 Å². The standard InChI is InChI=1S/C21H23ClFN3OS/c1-13-10-14(2)19-18(11-13)24-21(28-19)26(9-5-8-25(3)4)20(27)16-7-6-15(23)12-17(16)22/h6-7,10-12H,5,8-9H2,1-4H3. The molecule has 0 unspecified atom stereocenters. The first-order chi connectivity index (χ1) is 13.3. The lowest BCUT2D eigenvalue weighted by atomic mass is 10.1. The van der Waals surface area contributed by atoms with Gasteiger partial charge in [-0.1, -0.05) is 29.0 Å². The molecule has 7 heteroatoms. The van der Waals surface area contributed by atoms with Gasteiger partial charge in [0.05, 0.1) is 20.8 Å². The molecule has 0 saturated carbocycles. The minimum Gasteiger partial charge on any atom is -0.309 e. The van der Waals surface area contributed by atoms with Crippen LogP contribution in [0.15, 0.2) is 30.3 Å². The highest BCUT2D eigenvalue weighted by atomic mass is 35.5. The highest BCUT2D eigenvalue weighted by molar-refractivity contribution is 7.22. The van der Waals surface area contributed by atoms with Gasteiger partial charge in [-0.3, -0.25) is 9.69 Å². The number of nitrogens with zero attached hydrogens (tertiary/aromatic N) is 3. The summed E-state index contributed by atoms with van der Waals surface area (Å²) in [7, 11) is 3.99. The lowest BCUT2D eigenvalue weighted by molar-refractivity contribution is 0.0986. The van der Waals surface area contributed by atoms with Gasteiger partial charge < -0.3 is 4.90 Å². The Morgan fingerprint density at radius 2 is 1.93 bits per heavy atom. The predicted molar refractivity (Wildman–Crippen MR) is 115 cm³/mol. The zero-order valence-corrected chi connectivity index (χ0v) is 18.0. The zero-order valence-electron chi connectivity index (χ0n) is 16.4. The molecule has 1 aromatic heterocycles. The molecule has 0 aliphatic heterocycles. The van der Waals surface area contributed by atoms with Crippen LogP contribution in [0.2, 0.25) is 5.02 Å². The summed E-state index contributed by atoms with van der Waals surface area (Å²) in [6.45, 7) is 5.42. The fourth-order valence-electron chi connectivity index (χ4n) is 3.12. The van der Waals surface area contributed by atoms with Gasteiger partial charge in [-0.25, -0.2) is 9.37 Å². The summed E-state index contributed by atoms with van der Waals surface area (Å²) < 4.78 is 14.5. The van der Waals surface area contributed by atoms with Crippen LogP contribution in [0.3, 0.4) is 0 Å². The molecule has 1 amide bonds. The molecule has 3 aromatic rings. The number of thiazole rings is 1. The van der Waals surface area contributed by atoms with Gasteiger partial charge in [0, 0.05) is 6.54 Å². The van der Waals surface area contributed by atoms with E-state index in [0.29, 0.717) is 11.7 Å². The predicted octanol–water partition coefficient (Wildman–Crippen LogP) is 5.30. The van der Waals surface area contributed by atoms with Crippen LogP contribution in [0.25, 0.3) is 10.2 Å². The molecule has 0 radical (unpaired) electrons. The normalized spacial score (nSPS) is 11.4. The Labute approximate surface area is 173 Å². The van der Waals surface area contributed by atoms with E-state index < -0.39 is 5.82 Å². The minimum atomic E-state index is -0.466. The van der Waals surface area contributed by atoms with Crippen LogP contribution in [0.1, 0.15) is 27.9 Å². The van der Waals surface area contributed by atoms with E-state index in [1.165, 1.54) is 29.5 Å². The molecule has 0 aliphatic rings. The lowest BCUT2D eigenvalue weighted by Crippen LogP contribution is -2.33. The van der Waals surface area contributed by atoms with E-state index in [4.69, 9.17) is 16.6 Å². The maximum Gasteiger partial charge on any atom is 0.261 e. The maximum atomic E-state index is 13.4. The SMILES string of the molecule is Cc1cc(C)c2sc(N(CCCN(C)C)C(=O)c3ccc(F)cc3Cl)nc2c1. The van der Waals surface area contributed by atoms with Gasteiger partial charge >= 0.3 is 0 Å². The minimum absolute atomic E-state index is 0.107. The highest BCUT2D eigenvalue weighted by Gasteiger charge is 2.23. The van der Waals surface area contributed by atoms with E-state index >= 15 is 0 Å². The van der Waals surface area contributed by atoms with E-state index in [-0.39, 0.29) is 16.5 Å². The summed E-state index contributed by atoms with van der Waals surface area (Å²) in [5.41, 5.74) is 3.43. The van der Waals surface area contributed by atoms with Gasteiger partial charge in [-0.15, -0.1) is 0 Å². The van der Waals surface area contributed by atoms with Gasteiger partial charge in [0.2, 0.25) is 0 Å². The zero-order chi connectivity index (χ0) is 20.4. The topological polar surface area (TPSA) is 36.4 Å². The molecule has 1 heterocycles. The average Bonchev–Trinajstić information content (AvgIpc) is 3.02. The molecule has 0 spiro atoms. The first-order valence-electron chi connectivity index (χ1n) is 9.05. The summed E-state index contributed by atoms with van der Waals surface area (Å²) in [6, 6.07) is 7.98. The smallest absolute Gasteiger partial charge is 0.261 e. The molecule has 0 atom stereocenters. The van der Waals surface area contributed by atoms with E-state index in [0.717, 1.165) is 34.3 Å². The van der Waals surface area contributed by atoms with Gasteiger partial charge in [0.25, 0.3) is 5.91 Å². The van der Waals surface area contributed by atoms with Crippen molar-refractivity contribution in [2.45, 2.75) is 20.3 Å². The van der Waals surface area contributed by atoms with Crippen LogP contribution in [0, 0.1) is 19.7 Å². The first kappa shape index (κ1) is 20.7. The molecular weight excluding hydrogens is 397 g/mol. The molecule has 0 bridgehead atoms. The highest BCUT2D eigenvalue weighted by Crippen LogP contribution is 2.33. The number of carbonyl (C=O) groups excluding carboxylic acids is 1. The number of aromatic nitrogens is 1. The molecule has 0 N–H and O–H groups in total. The van der Waals surface area contributed by atoms with Crippen LogP contribution in [-0.2, 0) is 0 Å². The van der Waals surface area contributed by atoms with E-state index in [1.807, 2.05) is 34.0 Å². The number of hydrogen-bond acceptors (Lipinski definition) is 4. The van der Waals surface area contributed by atoms with Crippen molar-refractivity contribution in [3.05, 3.63) is 57.9 Å². The van der Waals surface area contributed by atoms with Crippen LogP contribution in [0.4, 0.5) is 9.52 Å². The monoisotopic (exact) mass is 419 g/mol. The van der Waals surface area contributed by atoms with E-state index in [1.54, 1.807) is 4.90 Å². The molecule has 4 nitrogen and oxygen atoms in total. The second-order valence-electron chi connectivity index (χ2n) is 7.16. The average molecular weight is 420 g/mol. The summed E-state index contributed by atoms with van der Waals surface area (Å²) in [5, 5.41) is 0.739. The second-order valence-corrected chi connectivity index (χ2v) is 8.55. The molecule has 3 rings (SSSR count). The Morgan fingerprint density at radius 1 is 1.18 bits per heavy atom. The molecule has 0 fully saturated rings. The van der Waals surface area contributed by atoms with E-state index in [2.05, 4.69) is 11.0 Å². The van der Waals surface area contributed by atoms with Crippen molar-refractivity contribution in [3.8, 4) is 0 Å². The van der Waals surface area contributed by atoms with Crippen molar-refractivity contribution in [2.75, 3.05) is 32.1 Å². The maximum absolute atomic E-state index is 13.4. The van der Waals surface area contributed by atoms with Crippen LogP contribution >= 0.6 is 22.9 Å². The molecule has 148 valence electrons. The largest absolute Gasteiger partial charge is 0.309 e. The number of fused-ring (bicyclic) bond motifs is 1. The number of amides is 1. The molecule has 0 aliphatic carbocycles. The van der Waals surface area contributed by atoms with Crippen molar-refractivity contribution in [3.63, 3.8) is 0 Å². The summed E-state index contributed by atoms with van der Waals surface area (Å²) in [4.78, 5) is 21.7. The molecule has 2 aromatic carbocycles. The third-order valence-corrected chi connectivity index (χ3v) is 5.98. The summed E-state index contributed by atoms with van der Waals surface area (Å²) in [5.74, 6) is -0.732. The molecular formula is C21H23ClFN3OS. The lowest BCUT2D eigenvalue weighted by Gasteiger charge is -2.21. The van der Waals surface area contributed by atoms with Gasteiger partial charge in [0.15, 0.2) is 5.13 Å². The first-order valence-corrected chi connectivity index (χ1v) is 10.2. The second kappa shape index (κ2) is 8.55. The number of hydrogen-bond donors (Lipinski definition) is 0. The number of rotatable bonds is 6. The Hall–Kier alpha value is -2.02. The van der Waals surface area contributed by atoms with Crippen LogP contribution in [-0.4, -0.2) is 43.0 Å². The number of aryl methyl sites for hydroxylation is 2. The number of halogens is 2. The third-order valence-electron chi connectivity index (χ3n) is 4.43. The van der Waals surface area contributed by atoms with Crippen molar-refractivity contribution in [1.29, 1.82) is 0 Å². The quantitative estimate of drug-likeness (QED) is 0.543. The van der Waals surface area contributed by atoms with Crippen molar-refractivity contribution >= 4 is 44.2 Å². The fraction of sp³-hybridized carbons (Fsp3) is 0.333. The number of carbonyl (C=O) groups is 1. The van der Waals surface area contributed by atoms with Crippen LogP contribution < -0.4 is 4.90 Å². The third kappa shape index (κ3) is 4.51. The number of benzene rings is 2. The molecule has 28 heavy (non-hydrogen) atoms. The summed E-state index contributed by atoms with van der Waals surface area (Å²) >= 11 is 7.65. The van der Waals surface area contributed by atoms with Gasteiger partial charge in [-0.2, -0.15) is 0 Å². The Balaban J connectivity index is 2.01. The Kier molecular flexibility index (Phi) is 6.33. The van der Waals surface area contributed by atoms with E-state index in [9.17, 15) is 9.18 Å². The Bertz CT molecular complexity index is 1020. The van der Waals surface area contributed by atoms with Crippen molar-refractivity contribution in [2.24, 2.45) is 0 Å². The van der Waals surface area contributed by atoms with Crippen molar-refractivity contribution < 1.29 is 9.18 Å². The van der Waals surface area contributed by atoms with Crippen LogP contribution in [0.5, 0.6) is 0 Å². The molecule has 0 saturated heterocycles. The van der Waals surface area contributed by atoms with Crippen molar-refractivity contribution in [1.82, 2.24) is 9.88 Å².